The Bertz CT molecular complexity index is 2060. The Balaban J connectivity index is 1.13. The molecule has 2 fully saturated rings. The number of methoxy groups -OCH3 is 4. The first-order chi connectivity index (χ1) is 27.5. The van der Waals surface area contributed by atoms with Crippen molar-refractivity contribution in [3.63, 3.8) is 0 Å². The molecule has 0 bridgehead atoms. The first kappa shape index (κ1) is 40.9. The Hall–Kier alpha value is -5.75. The average molecular weight is 790 g/mol. The van der Waals surface area contributed by atoms with Gasteiger partial charge in [-0.2, -0.15) is 0 Å². The molecular weight excluding hydrogens is 741 g/mol. The minimum Gasteiger partial charge on any atom is -0.469 e. The lowest BCUT2D eigenvalue weighted by Crippen LogP contribution is -2.54. The zero-order valence-electron chi connectivity index (χ0n) is 32.8. The highest BCUT2D eigenvalue weighted by atomic mass is 19.1. The minimum atomic E-state index is -0.971. The van der Waals surface area contributed by atoms with Crippen molar-refractivity contribution in [2.75, 3.05) is 41.5 Å². The molecule has 0 saturated carbocycles. The van der Waals surface area contributed by atoms with Crippen LogP contribution in [0, 0.1) is 11.7 Å². The number of aromatic nitrogens is 6. The topological polar surface area (TPSA) is 207 Å². The maximum Gasteiger partial charge on any atom is 0.407 e. The molecule has 4 aromatic rings. The summed E-state index contributed by atoms with van der Waals surface area (Å²) in [5.74, 6) is -0.815. The number of nitrogens with zero attached hydrogens (tertiary/aromatic N) is 6. The third-order valence-corrected chi connectivity index (χ3v) is 10.8. The zero-order chi connectivity index (χ0) is 40.8. The number of carbonyl (C=O) groups excluding carboxylic acids is 4. The second kappa shape index (κ2) is 18.0. The van der Waals surface area contributed by atoms with Crippen LogP contribution in [0.5, 0.6) is 0 Å². The Morgan fingerprint density at radius 1 is 0.789 bits per heavy atom. The number of nitrogens with one attached hydrogen (secondary N) is 3. The molecule has 5 heterocycles. The van der Waals surface area contributed by atoms with Crippen molar-refractivity contribution in [3.8, 4) is 33.9 Å². The first-order valence-corrected chi connectivity index (χ1v) is 18.8. The van der Waals surface area contributed by atoms with Crippen molar-refractivity contribution >= 4 is 23.9 Å². The van der Waals surface area contributed by atoms with Gasteiger partial charge in [0.1, 0.15) is 23.5 Å². The largest absolute Gasteiger partial charge is 0.469 e. The van der Waals surface area contributed by atoms with Gasteiger partial charge in [0, 0.05) is 56.4 Å². The van der Waals surface area contributed by atoms with E-state index in [9.17, 15) is 19.2 Å². The standard InChI is InChI=1S/C39H48FN9O8/c1-21(54-3)26(16-32(50)56-5)37(51)48-13-7-9-30(48)35-43-19-28(45-35)24-17-41-34(42-18-24)23-11-12-25(27(40)15-23)29-20-44-36(46-29)31-10-8-14-49(31)38(52)33(22(2)55-4)47-39(53)57-6/h11-12,15,17-22,26,30-31,33H,7-10,13-14,16H2,1-6H3,(H,43,45)(H,44,46)(H,47,53)/t21-,22-,26+,30+,31+,33+/m1/s1. The van der Waals surface area contributed by atoms with Crippen LogP contribution in [0.1, 0.15) is 69.7 Å². The van der Waals surface area contributed by atoms with Crippen LogP contribution >= 0.6 is 0 Å². The quantitative estimate of drug-likeness (QED) is 0.152. The number of esters is 1. The van der Waals surface area contributed by atoms with E-state index in [1.807, 2.05) is 0 Å². The van der Waals surface area contributed by atoms with Crippen LogP contribution in [0.25, 0.3) is 33.9 Å². The van der Waals surface area contributed by atoms with Gasteiger partial charge in [-0.15, -0.1) is 0 Å². The normalized spacial score (nSPS) is 18.9. The molecule has 2 aliphatic rings. The molecule has 0 unspecified atom stereocenters. The fraction of sp³-hybridized carbons (Fsp3) is 0.487. The number of ether oxygens (including phenoxy) is 4. The van der Waals surface area contributed by atoms with Gasteiger partial charge in [0.05, 0.1) is 74.6 Å². The molecule has 57 heavy (non-hydrogen) atoms. The van der Waals surface area contributed by atoms with E-state index in [1.54, 1.807) is 54.4 Å². The van der Waals surface area contributed by atoms with Crippen LogP contribution in [0.2, 0.25) is 0 Å². The number of amides is 3. The van der Waals surface area contributed by atoms with E-state index in [0.717, 1.165) is 12.8 Å². The molecule has 0 spiro atoms. The Morgan fingerprint density at radius 3 is 1.96 bits per heavy atom. The Labute approximate surface area is 329 Å². The second-order valence-corrected chi connectivity index (χ2v) is 14.1. The van der Waals surface area contributed by atoms with Crippen molar-refractivity contribution in [3.05, 3.63) is 60.5 Å². The summed E-state index contributed by atoms with van der Waals surface area (Å²) < 4.78 is 36.0. The van der Waals surface area contributed by atoms with Gasteiger partial charge in [-0.1, -0.05) is 6.07 Å². The SMILES string of the molecule is COC(=O)C[C@H](C(=O)N1CCC[C@H]1c1ncc(-c2cnc(-c3ccc(-c4cnc([C@@H]5CCCN5C(=O)[C@@H](NC(=O)OC)[C@@H](C)OC)[nH]4)c(F)c3)nc2)[nH]1)[C@@H](C)OC. The zero-order valence-corrected chi connectivity index (χ0v) is 32.8. The molecule has 17 nitrogen and oxygen atoms in total. The summed E-state index contributed by atoms with van der Waals surface area (Å²) in [4.78, 5) is 79.3. The molecule has 3 amide bonds. The third kappa shape index (κ3) is 8.81. The number of benzene rings is 1. The lowest BCUT2D eigenvalue weighted by Gasteiger charge is -2.30. The third-order valence-electron chi connectivity index (χ3n) is 10.8. The molecule has 1 aromatic carbocycles. The van der Waals surface area contributed by atoms with E-state index in [0.29, 0.717) is 65.9 Å². The van der Waals surface area contributed by atoms with Crippen LogP contribution < -0.4 is 5.32 Å². The van der Waals surface area contributed by atoms with Crippen LogP contribution in [-0.4, -0.2) is 123 Å². The molecule has 6 atom stereocenters. The molecule has 2 saturated heterocycles. The van der Waals surface area contributed by atoms with Gasteiger partial charge in [-0.3, -0.25) is 14.4 Å². The minimum absolute atomic E-state index is 0.0875. The molecule has 0 aliphatic carbocycles. The highest BCUT2D eigenvalue weighted by Crippen LogP contribution is 2.35. The monoisotopic (exact) mass is 789 g/mol. The van der Waals surface area contributed by atoms with Gasteiger partial charge in [-0.25, -0.2) is 29.1 Å². The molecule has 6 rings (SSSR count). The lowest BCUT2D eigenvalue weighted by atomic mass is 9.97. The maximum absolute atomic E-state index is 15.7. The van der Waals surface area contributed by atoms with Crippen LogP contribution in [-0.2, 0) is 33.3 Å². The van der Waals surface area contributed by atoms with Gasteiger partial charge >= 0.3 is 12.1 Å². The van der Waals surface area contributed by atoms with E-state index in [1.165, 1.54) is 40.7 Å². The number of likely N-dealkylation sites (tertiary alicyclic amines) is 2. The van der Waals surface area contributed by atoms with Gasteiger partial charge in [0.2, 0.25) is 11.8 Å². The highest BCUT2D eigenvalue weighted by molar-refractivity contribution is 5.87. The summed E-state index contributed by atoms with van der Waals surface area (Å²) in [5, 5.41) is 2.57. The van der Waals surface area contributed by atoms with Crippen molar-refractivity contribution in [2.24, 2.45) is 5.92 Å². The summed E-state index contributed by atoms with van der Waals surface area (Å²) in [6.07, 6.45) is 7.31. The van der Waals surface area contributed by atoms with Crippen molar-refractivity contribution in [2.45, 2.75) is 76.3 Å². The number of H-pyrrole nitrogens is 2. The summed E-state index contributed by atoms with van der Waals surface area (Å²) in [6.45, 7) is 4.42. The predicted molar refractivity (Wildman–Crippen MR) is 202 cm³/mol. The van der Waals surface area contributed by atoms with E-state index < -0.39 is 48.1 Å². The Kier molecular flexibility index (Phi) is 12.9. The molecule has 3 N–H and O–H groups in total. The fourth-order valence-electron chi connectivity index (χ4n) is 7.39. The molecule has 304 valence electrons. The van der Waals surface area contributed by atoms with Crippen molar-refractivity contribution in [1.29, 1.82) is 0 Å². The van der Waals surface area contributed by atoms with Crippen LogP contribution in [0.3, 0.4) is 0 Å². The molecule has 2 aliphatic heterocycles. The summed E-state index contributed by atoms with van der Waals surface area (Å²) in [7, 11) is 5.47. The fourth-order valence-corrected chi connectivity index (χ4v) is 7.39. The van der Waals surface area contributed by atoms with Gasteiger partial charge in [0.15, 0.2) is 5.82 Å². The first-order valence-electron chi connectivity index (χ1n) is 18.8. The Morgan fingerprint density at radius 2 is 1.39 bits per heavy atom. The maximum atomic E-state index is 15.7. The number of imidazole rings is 2. The summed E-state index contributed by atoms with van der Waals surface area (Å²) in [6, 6.07) is 2.99. The van der Waals surface area contributed by atoms with Gasteiger partial charge in [-0.05, 0) is 51.7 Å². The molecular formula is C39H48FN9O8. The number of rotatable bonds is 14. The van der Waals surface area contributed by atoms with Gasteiger partial charge < -0.3 is 44.0 Å². The second-order valence-electron chi connectivity index (χ2n) is 14.1. The van der Waals surface area contributed by atoms with E-state index in [-0.39, 0.29) is 29.8 Å². The number of alkyl carbamates (subject to hydrolysis) is 1. The lowest BCUT2D eigenvalue weighted by molar-refractivity contribution is -0.151. The highest BCUT2D eigenvalue weighted by Gasteiger charge is 2.40. The van der Waals surface area contributed by atoms with Gasteiger partial charge in [0.25, 0.3) is 0 Å². The summed E-state index contributed by atoms with van der Waals surface area (Å²) in [5.41, 5.74) is 2.47. The predicted octanol–water partition coefficient (Wildman–Crippen LogP) is 4.36. The summed E-state index contributed by atoms with van der Waals surface area (Å²) >= 11 is 0. The van der Waals surface area contributed by atoms with E-state index >= 15 is 4.39 Å². The number of carbonyl (C=O) groups is 4. The smallest absolute Gasteiger partial charge is 0.407 e. The number of halogens is 1. The van der Waals surface area contributed by atoms with E-state index in [2.05, 4.69) is 35.2 Å². The molecule has 3 aromatic heterocycles. The molecule has 18 heteroatoms. The number of hydrogen-bond donors (Lipinski definition) is 3. The number of hydrogen-bond acceptors (Lipinski definition) is 12. The van der Waals surface area contributed by atoms with Crippen molar-refractivity contribution < 1.29 is 42.5 Å². The molecule has 0 radical (unpaired) electrons. The number of aromatic amines is 2. The van der Waals surface area contributed by atoms with Crippen molar-refractivity contribution in [1.82, 2.24) is 45.0 Å². The van der Waals surface area contributed by atoms with E-state index in [4.69, 9.17) is 18.9 Å². The van der Waals surface area contributed by atoms with Crippen LogP contribution in [0.15, 0.2) is 43.0 Å². The van der Waals surface area contributed by atoms with Crippen LogP contribution in [0.4, 0.5) is 9.18 Å². The average Bonchev–Trinajstić information content (AvgIpc) is 4.07.